The minimum Gasteiger partial charge on any atom is -0.382 e. The number of aromatic nitrogens is 3. The predicted octanol–water partition coefficient (Wildman–Crippen LogP) is 5.31. The summed E-state index contributed by atoms with van der Waals surface area (Å²) in [6, 6.07) is 7.42. The normalized spacial score (nSPS) is 15.5. The van der Waals surface area contributed by atoms with Crippen molar-refractivity contribution < 1.29 is 4.79 Å². The number of benzene rings is 1. The molecule has 7 nitrogen and oxygen atoms in total. The number of amides is 1. The average Bonchev–Trinajstić information content (AvgIpc) is 3.28. The summed E-state index contributed by atoms with van der Waals surface area (Å²) in [6.07, 6.45) is 14.1. The second-order valence-electron chi connectivity index (χ2n) is 8.60. The summed E-state index contributed by atoms with van der Waals surface area (Å²) in [5.74, 6) is 2.21. The lowest BCUT2D eigenvalue weighted by Crippen LogP contribution is -2.29. The molecule has 1 amide bonds. The van der Waals surface area contributed by atoms with Crippen LogP contribution in [-0.4, -0.2) is 33.2 Å². The summed E-state index contributed by atoms with van der Waals surface area (Å²) in [7, 11) is 1.65. The van der Waals surface area contributed by atoms with Gasteiger partial charge in [0.25, 0.3) is 5.91 Å². The monoisotopic (exact) mass is 456 g/mol. The number of nitrogens with zero attached hydrogens (tertiary/aromatic N) is 4. The van der Waals surface area contributed by atoms with E-state index in [1.54, 1.807) is 31.5 Å². The lowest BCUT2D eigenvalue weighted by molar-refractivity contribution is 0.0977. The molecule has 7 heteroatoms. The van der Waals surface area contributed by atoms with Gasteiger partial charge in [0.05, 0.1) is 0 Å². The van der Waals surface area contributed by atoms with Gasteiger partial charge >= 0.3 is 0 Å². The van der Waals surface area contributed by atoms with Gasteiger partial charge in [-0.1, -0.05) is 51.0 Å². The quantitative estimate of drug-likeness (QED) is 0.298. The maximum Gasteiger partial charge on any atom is 0.256 e. The van der Waals surface area contributed by atoms with Gasteiger partial charge in [-0.2, -0.15) is 0 Å². The Hall–Kier alpha value is -3.74. The van der Waals surface area contributed by atoms with Gasteiger partial charge in [-0.25, -0.2) is 9.97 Å². The zero-order valence-electron chi connectivity index (χ0n) is 19.9. The molecule has 0 radical (unpaired) electrons. The van der Waals surface area contributed by atoms with Crippen LogP contribution in [-0.2, 0) is 0 Å². The standard InChI is InChI=1S/C27H32N6O/c1-4-18(5-2)17-22(29-3)31-27(34)21-13-11-19(12-14-21)23-24-25(28)30-15-16-33(24)26(32-23)20-9-7-6-8-10-20/h4,11-17,20H,1,5-10H2,2-3H3,(H2,28,30)(H,29,31,34)/b18-17+. The van der Waals surface area contributed by atoms with E-state index in [2.05, 4.69) is 26.3 Å². The highest BCUT2D eigenvalue weighted by molar-refractivity contribution is 6.10. The first kappa shape index (κ1) is 23.4. The van der Waals surface area contributed by atoms with Crippen LogP contribution >= 0.6 is 0 Å². The molecule has 1 aliphatic rings. The highest BCUT2D eigenvalue weighted by Crippen LogP contribution is 2.36. The number of nitrogen functional groups attached to an aromatic ring is 1. The molecule has 0 bridgehead atoms. The Morgan fingerprint density at radius 2 is 2.00 bits per heavy atom. The lowest BCUT2D eigenvalue weighted by atomic mass is 9.89. The van der Waals surface area contributed by atoms with Gasteiger partial charge in [0.2, 0.25) is 0 Å². The fourth-order valence-corrected chi connectivity index (χ4v) is 4.54. The number of imidazole rings is 1. The van der Waals surface area contributed by atoms with Crippen LogP contribution in [0.3, 0.4) is 0 Å². The second kappa shape index (κ2) is 10.5. The molecule has 3 aromatic rings. The number of hydrogen-bond donors (Lipinski definition) is 2. The van der Waals surface area contributed by atoms with Crippen molar-refractivity contribution in [3.05, 3.63) is 72.4 Å². The van der Waals surface area contributed by atoms with Gasteiger partial charge in [-0.15, -0.1) is 0 Å². The minimum absolute atomic E-state index is 0.221. The third-order valence-corrected chi connectivity index (χ3v) is 6.48. The van der Waals surface area contributed by atoms with E-state index in [0.717, 1.165) is 47.4 Å². The van der Waals surface area contributed by atoms with Crippen molar-refractivity contribution in [1.29, 1.82) is 0 Å². The number of amidine groups is 1. The maximum absolute atomic E-state index is 12.8. The molecule has 2 aromatic heterocycles. The van der Waals surface area contributed by atoms with Gasteiger partial charge in [-0.3, -0.25) is 14.2 Å². The van der Waals surface area contributed by atoms with E-state index in [9.17, 15) is 4.79 Å². The Bertz CT molecular complexity index is 1250. The third-order valence-electron chi connectivity index (χ3n) is 6.48. The molecule has 4 rings (SSSR count). The molecule has 2 heterocycles. The molecule has 0 spiro atoms. The molecule has 3 N–H and O–H groups in total. The first-order valence-corrected chi connectivity index (χ1v) is 11.9. The fourth-order valence-electron chi connectivity index (χ4n) is 4.54. The molecule has 0 unspecified atom stereocenters. The van der Waals surface area contributed by atoms with E-state index in [-0.39, 0.29) is 5.91 Å². The second-order valence-corrected chi connectivity index (χ2v) is 8.60. The number of allylic oxidation sites excluding steroid dienone is 2. The number of aliphatic imine (C=N–C) groups is 1. The number of anilines is 1. The van der Waals surface area contributed by atoms with Crippen LogP contribution in [0.25, 0.3) is 16.8 Å². The molecular formula is C27H32N6O. The lowest BCUT2D eigenvalue weighted by Gasteiger charge is -2.20. The van der Waals surface area contributed by atoms with Crippen molar-refractivity contribution in [2.45, 2.75) is 51.4 Å². The van der Waals surface area contributed by atoms with E-state index in [0.29, 0.717) is 23.1 Å². The first-order chi connectivity index (χ1) is 16.5. The van der Waals surface area contributed by atoms with Gasteiger partial charge < -0.3 is 11.1 Å². The Labute approximate surface area is 200 Å². The number of rotatable bonds is 6. The Morgan fingerprint density at radius 1 is 1.26 bits per heavy atom. The number of fused-ring (bicyclic) bond motifs is 1. The molecule has 1 aliphatic carbocycles. The van der Waals surface area contributed by atoms with Crippen molar-refractivity contribution in [3.63, 3.8) is 0 Å². The van der Waals surface area contributed by atoms with Crippen molar-refractivity contribution in [3.8, 4) is 11.3 Å². The number of hydrogen-bond acceptors (Lipinski definition) is 5. The minimum atomic E-state index is -0.221. The van der Waals surface area contributed by atoms with E-state index in [1.807, 2.05) is 31.3 Å². The molecular weight excluding hydrogens is 424 g/mol. The highest BCUT2D eigenvalue weighted by Gasteiger charge is 2.24. The van der Waals surface area contributed by atoms with Gasteiger partial charge in [0, 0.05) is 36.5 Å². The van der Waals surface area contributed by atoms with E-state index >= 15 is 0 Å². The van der Waals surface area contributed by atoms with Crippen LogP contribution in [0.15, 0.2) is 66.0 Å². The first-order valence-electron chi connectivity index (χ1n) is 11.9. The maximum atomic E-state index is 12.8. The molecule has 1 fully saturated rings. The van der Waals surface area contributed by atoms with Crippen molar-refractivity contribution >= 4 is 23.1 Å². The Morgan fingerprint density at radius 3 is 2.65 bits per heavy atom. The van der Waals surface area contributed by atoms with Gasteiger partial charge in [-0.05, 0) is 43.0 Å². The van der Waals surface area contributed by atoms with Gasteiger partial charge in [0.15, 0.2) is 0 Å². The predicted molar refractivity (Wildman–Crippen MR) is 138 cm³/mol. The SMILES string of the molecule is C=C/C(=C\C(=NC)NC(=O)c1ccc(-c2nc(C3CCCCC3)n3ccnc(N)c23)cc1)CC. The summed E-state index contributed by atoms with van der Waals surface area (Å²) < 4.78 is 2.09. The fraction of sp³-hybridized carbons (Fsp3) is 0.333. The topological polar surface area (TPSA) is 97.7 Å². The zero-order chi connectivity index (χ0) is 24.1. The summed E-state index contributed by atoms with van der Waals surface area (Å²) in [5, 5.41) is 2.86. The number of nitrogens with two attached hydrogens (primary N) is 1. The largest absolute Gasteiger partial charge is 0.382 e. The van der Waals surface area contributed by atoms with Crippen LogP contribution in [0.4, 0.5) is 5.82 Å². The summed E-state index contributed by atoms with van der Waals surface area (Å²) in [4.78, 5) is 26.3. The van der Waals surface area contributed by atoms with Crippen molar-refractivity contribution in [2.24, 2.45) is 4.99 Å². The third kappa shape index (κ3) is 4.78. The van der Waals surface area contributed by atoms with Crippen LogP contribution < -0.4 is 11.1 Å². The average molecular weight is 457 g/mol. The van der Waals surface area contributed by atoms with E-state index in [4.69, 9.17) is 10.7 Å². The van der Waals surface area contributed by atoms with Crippen LogP contribution in [0.2, 0.25) is 0 Å². The molecule has 0 atom stereocenters. The molecule has 1 saturated carbocycles. The molecule has 34 heavy (non-hydrogen) atoms. The number of carbonyl (C=O) groups is 1. The molecule has 0 saturated heterocycles. The molecule has 176 valence electrons. The summed E-state index contributed by atoms with van der Waals surface area (Å²) in [5.41, 5.74) is 10.4. The highest BCUT2D eigenvalue weighted by atomic mass is 16.1. The van der Waals surface area contributed by atoms with Crippen molar-refractivity contribution in [2.75, 3.05) is 12.8 Å². The van der Waals surface area contributed by atoms with Crippen LogP contribution in [0.5, 0.6) is 0 Å². The molecule has 0 aliphatic heterocycles. The number of carbonyl (C=O) groups excluding carboxylic acids is 1. The zero-order valence-corrected chi connectivity index (χ0v) is 19.9. The van der Waals surface area contributed by atoms with Crippen LogP contribution in [0, 0.1) is 0 Å². The summed E-state index contributed by atoms with van der Waals surface area (Å²) in [6.45, 7) is 5.83. The van der Waals surface area contributed by atoms with Gasteiger partial charge in [0.1, 0.15) is 28.7 Å². The molecule has 1 aromatic carbocycles. The van der Waals surface area contributed by atoms with E-state index in [1.165, 1.54) is 19.3 Å². The number of nitrogens with one attached hydrogen (secondary N) is 1. The summed E-state index contributed by atoms with van der Waals surface area (Å²) >= 11 is 0. The van der Waals surface area contributed by atoms with Crippen molar-refractivity contribution in [1.82, 2.24) is 19.7 Å². The Kier molecular flexibility index (Phi) is 7.21. The smallest absolute Gasteiger partial charge is 0.256 e. The Balaban J connectivity index is 1.63. The van der Waals surface area contributed by atoms with E-state index < -0.39 is 0 Å². The van der Waals surface area contributed by atoms with Crippen LogP contribution in [0.1, 0.15) is 67.5 Å².